The Kier molecular flexibility index (Phi) is 6.85. The number of aryl methyl sites for hydroxylation is 1. The second-order valence-electron chi connectivity index (χ2n) is 6.44. The lowest BCUT2D eigenvalue weighted by Gasteiger charge is -2.28. The summed E-state index contributed by atoms with van der Waals surface area (Å²) < 4.78 is -1.83. The predicted octanol–water partition coefficient (Wildman–Crippen LogP) is 5.56. The van der Waals surface area contributed by atoms with Crippen molar-refractivity contribution < 1.29 is 4.79 Å². The average Bonchev–Trinajstić information content (AvgIpc) is 2.66. The van der Waals surface area contributed by atoms with E-state index >= 15 is 0 Å². The molecule has 0 unspecified atom stereocenters. The zero-order valence-electron chi connectivity index (χ0n) is 15.4. The molecule has 0 aliphatic heterocycles. The van der Waals surface area contributed by atoms with Crippen molar-refractivity contribution in [3.8, 4) is 0 Å². The van der Waals surface area contributed by atoms with Crippen LogP contribution in [0, 0.1) is 6.92 Å². The van der Waals surface area contributed by atoms with E-state index < -0.39 is 9.96 Å². The van der Waals surface area contributed by atoms with Crippen LogP contribution in [-0.2, 0) is 0 Å². The van der Waals surface area contributed by atoms with Crippen molar-refractivity contribution in [3.63, 3.8) is 0 Å². The molecule has 8 heteroatoms. The minimum Gasteiger partial charge on any atom is -0.339 e. The molecule has 0 radical (unpaired) electrons. The highest BCUT2D eigenvalue weighted by Gasteiger charge is 2.35. The van der Waals surface area contributed by atoms with Gasteiger partial charge in [-0.25, -0.2) is 0 Å². The molecule has 3 rings (SSSR count). The second kappa shape index (κ2) is 9.18. The van der Waals surface area contributed by atoms with Gasteiger partial charge in [-0.1, -0.05) is 83.3 Å². The van der Waals surface area contributed by atoms with E-state index in [0.29, 0.717) is 5.56 Å². The molecule has 3 aromatic rings. The van der Waals surface area contributed by atoms with Gasteiger partial charge in [0.15, 0.2) is 5.11 Å². The van der Waals surface area contributed by atoms with E-state index in [0.717, 1.165) is 22.0 Å². The molecule has 1 amide bonds. The fraction of sp³-hybridized carbons (Fsp3) is 0.143. The summed E-state index contributed by atoms with van der Waals surface area (Å²) in [6.45, 7) is 1.97. The summed E-state index contributed by atoms with van der Waals surface area (Å²) in [7, 11) is 0. The first-order chi connectivity index (χ1) is 13.7. The number of amides is 1. The van der Waals surface area contributed by atoms with Gasteiger partial charge in [-0.2, -0.15) is 0 Å². The van der Waals surface area contributed by atoms with Crippen molar-refractivity contribution >= 4 is 74.5 Å². The number of carbonyl (C=O) groups is 1. The Morgan fingerprint density at radius 1 is 0.966 bits per heavy atom. The van der Waals surface area contributed by atoms with Gasteiger partial charge in [0, 0.05) is 11.3 Å². The van der Waals surface area contributed by atoms with Crippen LogP contribution in [-0.4, -0.2) is 21.0 Å². The van der Waals surface area contributed by atoms with Crippen LogP contribution in [0.15, 0.2) is 66.7 Å². The number of hydrogen-bond acceptors (Lipinski definition) is 2. The summed E-state index contributed by atoms with van der Waals surface area (Å²) in [4.78, 5) is 12.9. The van der Waals surface area contributed by atoms with E-state index in [1.165, 1.54) is 0 Å². The summed E-state index contributed by atoms with van der Waals surface area (Å²) in [6.07, 6.45) is -1.05. The molecule has 0 spiro atoms. The number of fused-ring (bicyclic) bond motifs is 1. The molecule has 0 saturated carbocycles. The van der Waals surface area contributed by atoms with Crippen LogP contribution < -0.4 is 16.0 Å². The fourth-order valence-electron chi connectivity index (χ4n) is 2.85. The molecule has 29 heavy (non-hydrogen) atoms. The lowest BCUT2D eigenvalue weighted by Crippen LogP contribution is -2.56. The molecule has 1 atom stereocenters. The zero-order chi connectivity index (χ0) is 21.0. The lowest BCUT2D eigenvalue weighted by molar-refractivity contribution is 0.0936. The molecule has 3 aromatic carbocycles. The number of alkyl halides is 3. The van der Waals surface area contributed by atoms with Gasteiger partial charge >= 0.3 is 0 Å². The largest absolute Gasteiger partial charge is 0.339 e. The molecule has 0 fully saturated rings. The number of thiocarbonyl (C=S) groups is 1. The van der Waals surface area contributed by atoms with Crippen LogP contribution >= 0.6 is 47.0 Å². The van der Waals surface area contributed by atoms with E-state index in [2.05, 4.69) is 16.0 Å². The molecule has 150 valence electrons. The second-order valence-corrected chi connectivity index (χ2v) is 9.22. The summed E-state index contributed by atoms with van der Waals surface area (Å²) in [5, 5.41) is 10.6. The van der Waals surface area contributed by atoms with Gasteiger partial charge < -0.3 is 16.0 Å². The Bertz CT molecular complexity index is 1050. The molecule has 0 aromatic heterocycles. The molecule has 4 nitrogen and oxygen atoms in total. The maximum absolute atomic E-state index is 12.9. The molecule has 0 aliphatic carbocycles. The Balaban J connectivity index is 1.77. The number of rotatable bonds is 4. The molecule has 0 aliphatic rings. The van der Waals surface area contributed by atoms with Gasteiger partial charge in [-0.3, -0.25) is 4.79 Å². The van der Waals surface area contributed by atoms with Gasteiger partial charge in [0.25, 0.3) is 5.91 Å². The first kappa shape index (κ1) is 21.7. The predicted molar refractivity (Wildman–Crippen MR) is 126 cm³/mol. The number of carbonyl (C=O) groups excluding carboxylic acids is 1. The van der Waals surface area contributed by atoms with Gasteiger partial charge in [0.1, 0.15) is 6.17 Å². The molecular weight excluding hydrogens is 449 g/mol. The summed E-state index contributed by atoms with van der Waals surface area (Å²) in [5.41, 5.74) is 2.33. The lowest BCUT2D eigenvalue weighted by atomic mass is 10.0. The van der Waals surface area contributed by atoms with Crippen molar-refractivity contribution in [2.75, 3.05) is 5.32 Å². The van der Waals surface area contributed by atoms with Gasteiger partial charge in [-0.05, 0) is 53.7 Å². The van der Waals surface area contributed by atoms with E-state index in [1.54, 1.807) is 12.1 Å². The summed E-state index contributed by atoms with van der Waals surface area (Å²) in [5.74, 6) is -0.385. The van der Waals surface area contributed by atoms with E-state index in [1.807, 2.05) is 61.5 Å². The third-order valence-corrected chi connectivity index (χ3v) is 5.06. The van der Waals surface area contributed by atoms with Crippen LogP contribution in [0.2, 0.25) is 0 Å². The molecule has 0 saturated heterocycles. The van der Waals surface area contributed by atoms with E-state index in [9.17, 15) is 4.79 Å². The highest BCUT2D eigenvalue weighted by atomic mass is 35.6. The summed E-state index contributed by atoms with van der Waals surface area (Å²) in [6, 6.07) is 20.7. The molecule has 0 bridgehead atoms. The fourth-order valence-corrected chi connectivity index (χ4v) is 3.42. The zero-order valence-corrected chi connectivity index (χ0v) is 18.5. The van der Waals surface area contributed by atoms with Crippen LogP contribution in [0.3, 0.4) is 0 Å². The maximum atomic E-state index is 12.9. The van der Waals surface area contributed by atoms with Crippen molar-refractivity contribution in [1.29, 1.82) is 0 Å². The Hall–Kier alpha value is -2.05. The minimum absolute atomic E-state index is 0.213. The van der Waals surface area contributed by atoms with E-state index in [-0.39, 0.29) is 11.0 Å². The third-order valence-electron chi connectivity index (χ3n) is 4.19. The van der Waals surface area contributed by atoms with Gasteiger partial charge in [-0.15, -0.1) is 0 Å². The van der Waals surface area contributed by atoms with Gasteiger partial charge in [0.05, 0.1) is 0 Å². The standard InChI is InChI=1S/C21H18Cl3N3OS/c1-13-6-4-9-15(12-13)25-20(29)27-19(21(22,23)24)26-18(28)17-11-5-8-14-7-2-3-10-16(14)17/h2-12,19H,1H3,(H,26,28)(H2,25,27,29)/t19-/m0/s1. The highest BCUT2D eigenvalue weighted by molar-refractivity contribution is 7.80. The first-order valence-electron chi connectivity index (χ1n) is 8.73. The molecular formula is C21H18Cl3N3OS. The minimum atomic E-state index is -1.83. The Morgan fingerprint density at radius 3 is 2.38 bits per heavy atom. The molecule has 0 heterocycles. The normalized spacial score (nSPS) is 12.3. The van der Waals surface area contributed by atoms with Crippen LogP contribution in [0.25, 0.3) is 10.8 Å². The van der Waals surface area contributed by atoms with Crippen LogP contribution in [0.4, 0.5) is 5.69 Å². The SMILES string of the molecule is Cc1cccc(NC(=S)N[C@H](NC(=O)c2cccc3ccccc23)C(Cl)(Cl)Cl)c1. The van der Waals surface area contributed by atoms with Crippen LogP contribution in [0.5, 0.6) is 0 Å². The Labute approximate surface area is 189 Å². The van der Waals surface area contributed by atoms with Gasteiger partial charge in [0.2, 0.25) is 3.79 Å². The van der Waals surface area contributed by atoms with Crippen molar-refractivity contribution in [2.24, 2.45) is 0 Å². The topological polar surface area (TPSA) is 53.2 Å². The highest BCUT2D eigenvalue weighted by Crippen LogP contribution is 2.30. The third kappa shape index (κ3) is 5.73. The van der Waals surface area contributed by atoms with Crippen molar-refractivity contribution in [2.45, 2.75) is 16.9 Å². The van der Waals surface area contributed by atoms with Crippen molar-refractivity contribution in [3.05, 3.63) is 77.9 Å². The van der Waals surface area contributed by atoms with Crippen molar-refractivity contribution in [1.82, 2.24) is 10.6 Å². The van der Waals surface area contributed by atoms with Crippen LogP contribution in [0.1, 0.15) is 15.9 Å². The smallest absolute Gasteiger partial charge is 0.253 e. The number of nitrogens with one attached hydrogen (secondary N) is 3. The number of hydrogen-bond donors (Lipinski definition) is 3. The van der Waals surface area contributed by atoms with E-state index in [4.69, 9.17) is 47.0 Å². The molecule has 3 N–H and O–H groups in total. The number of anilines is 1. The maximum Gasteiger partial charge on any atom is 0.253 e. The monoisotopic (exact) mass is 465 g/mol. The number of halogens is 3. The summed E-state index contributed by atoms with van der Waals surface area (Å²) >= 11 is 23.6. The average molecular weight is 467 g/mol. The number of benzene rings is 3. The quantitative estimate of drug-likeness (QED) is 0.268. The Morgan fingerprint density at radius 2 is 1.66 bits per heavy atom. The first-order valence-corrected chi connectivity index (χ1v) is 10.3.